The fourth-order valence-corrected chi connectivity index (χ4v) is 2.80. The van der Waals surface area contributed by atoms with E-state index in [1.54, 1.807) is 5.06 Å². The summed E-state index contributed by atoms with van der Waals surface area (Å²) in [6.45, 7) is 7.17. The van der Waals surface area contributed by atoms with E-state index >= 15 is 0 Å². The minimum absolute atomic E-state index is 0.163. The quantitative estimate of drug-likeness (QED) is 0.793. The third-order valence-corrected chi connectivity index (χ3v) is 4.33. The topological polar surface area (TPSA) is 29.5 Å². The number of hydrogen-bond acceptors (Lipinski definition) is 3. The fourth-order valence-electron chi connectivity index (χ4n) is 2.80. The molecule has 0 aliphatic carbocycles. The van der Waals surface area contributed by atoms with Crippen LogP contribution in [0.4, 0.5) is 0 Å². The van der Waals surface area contributed by atoms with Crippen molar-refractivity contribution >= 4 is 22.8 Å². The van der Waals surface area contributed by atoms with Crippen LogP contribution in [0.1, 0.15) is 39.2 Å². The van der Waals surface area contributed by atoms with Gasteiger partial charge < -0.3 is 4.84 Å². The predicted molar refractivity (Wildman–Crippen MR) is 98.3 cm³/mol. The van der Waals surface area contributed by atoms with Gasteiger partial charge in [-0.2, -0.15) is 0 Å². The van der Waals surface area contributed by atoms with Crippen LogP contribution in [0.5, 0.6) is 0 Å². The number of hydroxylamine groups is 2. The van der Waals surface area contributed by atoms with Crippen molar-refractivity contribution in [3.63, 3.8) is 0 Å². The lowest BCUT2D eigenvalue weighted by molar-refractivity contribution is -0.202. The van der Waals surface area contributed by atoms with E-state index in [0.29, 0.717) is 0 Å². The molecule has 0 aromatic heterocycles. The van der Waals surface area contributed by atoms with Crippen molar-refractivity contribution in [3.05, 3.63) is 53.6 Å². The minimum Gasteiger partial charge on any atom is -0.367 e. The molecule has 0 atom stereocenters. The van der Waals surface area contributed by atoms with Crippen molar-refractivity contribution in [3.8, 4) is 0 Å². The van der Waals surface area contributed by atoms with Crippen LogP contribution in [0, 0.1) is 5.41 Å². The Morgan fingerprint density at radius 1 is 1.04 bits per heavy atom. The maximum absolute atomic E-state index is 12.0. The summed E-state index contributed by atoms with van der Waals surface area (Å²) < 4.78 is 0. The lowest BCUT2D eigenvalue weighted by atomic mass is 9.97. The van der Waals surface area contributed by atoms with Crippen molar-refractivity contribution in [2.24, 2.45) is 5.41 Å². The van der Waals surface area contributed by atoms with Gasteiger partial charge in [0.1, 0.15) is 0 Å². The van der Waals surface area contributed by atoms with Gasteiger partial charge in [-0.25, -0.2) is 4.79 Å². The molecule has 0 radical (unpaired) electrons. The molecule has 1 heterocycles. The molecular weight excluding hydrogens is 298 g/mol. The minimum atomic E-state index is -0.457. The van der Waals surface area contributed by atoms with Gasteiger partial charge in [-0.1, -0.05) is 48.0 Å². The van der Waals surface area contributed by atoms with Gasteiger partial charge in [0, 0.05) is 13.1 Å². The van der Waals surface area contributed by atoms with E-state index in [2.05, 4.69) is 48.5 Å². The molecule has 0 saturated carbocycles. The molecule has 1 aliphatic heterocycles. The molecule has 0 bridgehead atoms. The van der Waals surface area contributed by atoms with Crippen LogP contribution >= 0.6 is 0 Å². The van der Waals surface area contributed by atoms with Gasteiger partial charge in [-0.05, 0) is 56.0 Å². The van der Waals surface area contributed by atoms with Crippen LogP contribution in [0.2, 0.25) is 0 Å². The van der Waals surface area contributed by atoms with Crippen LogP contribution in [0.25, 0.3) is 16.8 Å². The highest BCUT2D eigenvalue weighted by atomic mass is 16.7. The Kier molecular flexibility index (Phi) is 4.72. The normalized spacial score (nSPS) is 16.2. The Labute approximate surface area is 143 Å². The molecule has 2 aromatic carbocycles. The molecule has 3 heteroatoms. The second-order valence-corrected chi connectivity index (χ2v) is 7.47. The third-order valence-electron chi connectivity index (χ3n) is 4.33. The van der Waals surface area contributed by atoms with E-state index in [1.165, 1.54) is 21.9 Å². The van der Waals surface area contributed by atoms with Gasteiger partial charge >= 0.3 is 5.97 Å². The van der Waals surface area contributed by atoms with E-state index in [-0.39, 0.29) is 5.97 Å². The summed E-state index contributed by atoms with van der Waals surface area (Å²) in [6, 6.07) is 15.0. The van der Waals surface area contributed by atoms with Crippen LogP contribution < -0.4 is 0 Å². The van der Waals surface area contributed by atoms with Crippen molar-refractivity contribution < 1.29 is 9.63 Å². The zero-order valence-electron chi connectivity index (χ0n) is 14.7. The number of hydrogen-bond donors (Lipinski definition) is 0. The Morgan fingerprint density at radius 2 is 1.71 bits per heavy atom. The van der Waals surface area contributed by atoms with Gasteiger partial charge in [0.15, 0.2) is 0 Å². The van der Waals surface area contributed by atoms with Crippen LogP contribution in [0.3, 0.4) is 0 Å². The predicted octanol–water partition coefficient (Wildman–Crippen LogP) is 4.82. The zero-order valence-corrected chi connectivity index (χ0v) is 14.7. The van der Waals surface area contributed by atoms with E-state index in [4.69, 9.17) is 4.84 Å². The SMILES string of the molecule is CC(C)(C)C(=O)ON1CCC(=Cc2ccc3ccccc3c2)CC1. The summed E-state index contributed by atoms with van der Waals surface area (Å²) >= 11 is 0. The highest BCUT2D eigenvalue weighted by Gasteiger charge is 2.27. The van der Waals surface area contributed by atoms with Gasteiger partial charge in [0.2, 0.25) is 0 Å². The summed E-state index contributed by atoms with van der Waals surface area (Å²) in [5, 5.41) is 4.33. The Balaban J connectivity index is 1.63. The highest BCUT2D eigenvalue weighted by Crippen LogP contribution is 2.24. The van der Waals surface area contributed by atoms with Crippen molar-refractivity contribution in [2.75, 3.05) is 13.1 Å². The van der Waals surface area contributed by atoms with E-state index in [1.807, 2.05) is 20.8 Å². The molecule has 1 saturated heterocycles. The average molecular weight is 323 g/mol. The van der Waals surface area contributed by atoms with Crippen molar-refractivity contribution in [2.45, 2.75) is 33.6 Å². The first kappa shape index (κ1) is 16.7. The van der Waals surface area contributed by atoms with Crippen molar-refractivity contribution in [1.82, 2.24) is 5.06 Å². The first-order valence-electron chi connectivity index (χ1n) is 8.57. The molecule has 126 valence electrons. The maximum atomic E-state index is 12.0. The van der Waals surface area contributed by atoms with Crippen molar-refractivity contribution in [1.29, 1.82) is 0 Å². The molecule has 1 fully saturated rings. The molecule has 0 unspecified atom stereocenters. The largest absolute Gasteiger partial charge is 0.367 e. The van der Waals surface area contributed by atoms with Gasteiger partial charge in [-0.3, -0.25) is 0 Å². The summed E-state index contributed by atoms with van der Waals surface area (Å²) in [6.07, 6.45) is 4.14. The molecule has 24 heavy (non-hydrogen) atoms. The molecule has 0 amide bonds. The molecule has 1 aliphatic rings. The van der Waals surface area contributed by atoms with Gasteiger partial charge in [-0.15, -0.1) is 5.06 Å². The number of nitrogens with zero attached hydrogens (tertiary/aromatic N) is 1. The fraction of sp³-hybridized carbons (Fsp3) is 0.381. The average Bonchev–Trinajstić information content (AvgIpc) is 2.55. The first-order chi connectivity index (χ1) is 11.4. The van der Waals surface area contributed by atoms with Crippen LogP contribution in [-0.4, -0.2) is 24.1 Å². The number of carbonyl (C=O) groups excluding carboxylic acids is 1. The highest BCUT2D eigenvalue weighted by molar-refractivity contribution is 5.84. The standard InChI is InChI=1S/C21H25NO2/c1-21(2,3)20(23)24-22-12-10-16(11-13-22)14-17-8-9-18-6-4-5-7-19(18)15-17/h4-9,14-15H,10-13H2,1-3H3. The Hall–Kier alpha value is -2.13. The van der Waals surface area contributed by atoms with Crippen LogP contribution in [0.15, 0.2) is 48.0 Å². The van der Waals surface area contributed by atoms with E-state index < -0.39 is 5.41 Å². The van der Waals surface area contributed by atoms with Gasteiger partial charge in [0.05, 0.1) is 5.41 Å². The number of carbonyl (C=O) groups is 1. The number of piperidine rings is 1. The number of benzene rings is 2. The summed E-state index contributed by atoms with van der Waals surface area (Å²) in [5.74, 6) is -0.163. The second kappa shape index (κ2) is 6.78. The maximum Gasteiger partial charge on any atom is 0.330 e. The smallest absolute Gasteiger partial charge is 0.330 e. The van der Waals surface area contributed by atoms with E-state index in [9.17, 15) is 4.79 Å². The Bertz CT molecular complexity index is 761. The molecule has 2 aromatic rings. The number of rotatable bonds is 2. The number of fused-ring (bicyclic) bond motifs is 1. The monoisotopic (exact) mass is 323 g/mol. The van der Waals surface area contributed by atoms with Gasteiger partial charge in [0.25, 0.3) is 0 Å². The third kappa shape index (κ3) is 4.04. The molecule has 0 N–H and O–H groups in total. The summed E-state index contributed by atoms with van der Waals surface area (Å²) in [7, 11) is 0. The molecular formula is C21H25NO2. The summed E-state index contributed by atoms with van der Waals surface area (Å²) in [4.78, 5) is 17.4. The lowest BCUT2D eigenvalue weighted by Gasteiger charge is -2.29. The lowest BCUT2D eigenvalue weighted by Crippen LogP contribution is -2.37. The molecule has 3 rings (SSSR count). The first-order valence-corrected chi connectivity index (χ1v) is 8.57. The Morgan fingerprint density at radius 3 is 2.38 bits per heavy atom. The molecule has 3 nitrogen and oxygen atoms in total. The molecule has 0 spiro atoms. The van der Waals surface area contributed by atoms with Crippen LogP contribution in [-0.2, 0) is 9.63 Å². The van der Waals surface area contributed by atoms with E-state index in [0.717, 1.165) is 25.9 Å². The zero-order chi connectivity index (χ0) is 17.2. The second-order valence-electron chi connectivity index (χ2n) is 7.47. The summed E-state index contributed by atoms with van der Waals surface area (Å²) in [5.41, 5.74) is 2.19.